The number of furan rings is 1. The molecule has 0 atom stereocenters. The summed E-state index contributed by atoms with van der Waals surface area (Å²) >= 11 is 13.2. The second-order valence-electron chi connectivity index (χ2n) is 9.41. The van der Waals surface area contributed by atoms with Crippen molar-refractivity contribution in [3.63, 3.8) is 0 Å². The molecule has 2 N–H and O–H groups in total. The smallest absolute Gasteiger partial charge is 0.337 e. The second-order valence-corrected chi connectivity index (χ2v) is 10.2. The summed E-state index contributed by atoms with van der Waals surface area (Å²) in [5, 5.41) is 20.0. The van der Waals surface area contributed by atoms with Crippen LogP contribution < -0.4 is 5.43 Å². The zero-order valence-corrected chi connectivity index (χ0v) is 23.0. The average Bonchev–Trinajstić information content (AvgIpc) is 3.31. The molecule has 42 heavy (non-hydrogen) atoms. The number of hydrogen-bond donors (Lipinski definition) is 2. The van der Waals surface area contributed by atoms with E-state index in [9.17, 15) is 24.6 Å². The maximum absolute atomic E-state index is 15.8. The lowest BCUT2D eigenvalue weighted by Crippen LogP contribution is -2.12. The minimum absolute atomic E-state index is 0.0220. The van der Waals surface area contributed by atoms with Crippen LogP contribution in [0.5, 0.6) is 0 Å². The van der Waals surface area contributed by atoms with Crippen molar-refractivity contribution in [3.05, 3.63) is 109 Å². The molecule has 0 radical (unpaired) electrons. The number of carbonyl (C=O) groups is 2. The van der Waals surface area contributed by atoms with Gasteiger partial charge in [-0.2, -0.15) is 4.39 Å². The second kappa shape index (κ2) is 10.2. The van der Waals surface area contributed by atoms with Gasteiger partial charge in [-0.3, -0.25) is 9.59 Å². The Morgan fingerprint density at radius 2 is 1.57 bits per heavy atom. The summed E-state index contributed by atoms with van der Waals surface area (Å²) in [5.41, 5.74) is -0.282. The van der Waals surface area contributed by atoms with Crippen molar-refractivity contribution in [2.24, 2.45) is 0 Å². The summed E-state index contributed by atoms with van der Waals surface area (Å²) in [6.07, 6.45) is 2.14. The Bertz CT molecular complexity index is 2170. The van der Waals surface area contributed by atoms with E-state index >= 15 is 4.39 Å². The Morgan fingerprint density at radius 3 is 2.21 bits per heavy atom. The van der Waals surface area contributed by atoms with Gasteiger partial charge in [-0.05, 0) is 24.4 Å². The quantitative estimate of drug-likeness (QED) is 0.115. The van der Waals surface area contributed by atoms with Gasteiger partial charge in [-0.1, -0.05) is 65.7 Å². The highest BCUT2D eigenvalue weighted by Crippen LogP contribution is 2.52. The minimum Gasteiger partial charge on any atom is -0.515 e. The third-order valence-corrected chi connectivity index (χ3v) is 7.88. The van der Waals surface area contributed by atoms with Crippen LogP contribution in [0, 0.1) is 12.7 Å². The lowest BCUT2D eigenvalue weighted by molar-refractivity contribution is 0.0697. The number of aliphatic hydroxyl groups excluding tert-OH is 1. The monoisotopic (exact) mass is 602 g/mol. The van der Waals surface area contributed by atoms with Crippen LogP contribution in [-0.4, -0.2) is 22.5 Å². The van der Waals surface area contributed by atoms with Gasteiger partial charge in [0.1, 0.15) is 17.1 Å². The summed E-state index contributed by atoms with van der Waals surface area (Å²) in [5.74, 6) is -3.03. The molecule has 4 aromatic rings. The van der Waals surface area contributed by atoms with Crippen LogP contribution in [0.25, 0.3) is 61.6 Å². The SMILES string of the molecule is Cc1c(-c2c(/C=C/O)oc3c(F)c(=O)c4ccccc4c-3c2-c2c(Cl)cc(C(=O)O)c(Cl)c2C=O)oc2ccccc12. The maximum Gasteiger partial charge on any atom is 0.337 e. The number of aryl methyl sites for hydroxylation is 1. The third-order valence-electron chi connectivity index (χ3n) is 7.17. The number of para-hydroxylation sites is 1. The Labute approximate surface area is 246 Å². The standard InChI is InChI=1S/C32H17Cl2FO7/c1-14-15-6-4-5-9-21(15)41-30(14)25-22(10-11-36)42-31-24(16-7-2-3-8-17(16)29(38)28(31)35)26(25)23-19(13-37)27(34)18(32(39)40)12-20(23)33/h2-13,36H,1H3,(H,39,40)/b11-10+. The van der Waals surface area contributed by atoms with Gasteiger partial charge in [0.2, 0.25) is 11.2 Å². The first-order valence-corrected chi connectivity index (χ1v) is 13.2. The zero-order chi connectivity index (χ0) is 29.9. The number of aliphatic hydroxyl groups is 1. The topological polar surface area (TPSA) is 118 Å². The van der Waals surface area contributed by atoms with Crippen LogP contribution in [0.3, 0.4) is 0 Å². The molecular formula is C32H17Cl2FO7. The van der Waals surface area contributed by atoms with Gasteiger partial charge in [0.25, 0.3) is 0 Å². The van der Waals surface area contributed by atoms with Crippen LogP contribution in [0.4, 0.5) is 4.39 Å². The number of rotatable bonds is 5. The van der Waals surface area contributed by atoms with Gasteiger partial charge in [-0.15, -0.1) is 0 Å². The molecule has 0 saturated heterocycles. The zero-order valence-electron chi connectivity index (χ0n) is 21.5. The molecule has 2 aliphatic rings. The van der Waals surface area contributed by atoms with Gasteiger partial charge < -0.3 is 19.0 Å². The fourth-order valence-corrected chi connectivity index (χ4v) is 5.92. The van der Waals surface area contributed by atoms with Crippen molar-refractivity contribution in [3.8, 4) is 33.8 Å². The highest BCUT2D eigenvalue weighted by molar-refractivity contribution is 6.40. The lowest BCUT2D eigenvalue weighted by Gasteiger charge is -2.23. The first kappa shape index (κ1) is 27.3. The molecule has 208 valence electrons. The molecule has 0 saturated carbocycles. The minimum atomic E-state index is -1.42. The molecule has 0 bridgehead atoms. The fraction of sp³-hybridized carbons (Fsp3) is 0.0312. The molecule has 10 heteroatoms. The van der Waals surface area contributed by atoms with Crippen molar-refractivity contribution in [2.75, 3.05) is 0 Å². The van der Waals surface area contributed by atoms with Gasteiger partial charge in [0.05, 0.1) is 27.4 Å². The van der Waals surface area contributed by atoms with Crippen LogP contribution in [0.15, 0.2) is 74.5 Å². The summed E-state index contributed by atoms with van der Waals surface area (Å²) < 4.78 is 28.1. The van der Waals surface area contributed by atoms with Gasteiger partial charge in [0.15, 0.2) is 12.0 Å². The van der Waals surface area contributed by atoms with Gasteiger partial charge in [0, 0.05) is 44.7 Å². The number of halogens is 3. The number of hydrogen-bond acceptors (Lipinski definition) is 6. The number of carboxylic acids is 1. The number of fused-ring (bicyclic) bond motifs is 4. The van der Waals surface area contributed by atoms with E-state index < -0.39 is 33.6 Å². The molecule has 0 fully saturated rings. The largest absolute Gasteiger partial charge is 0.515 e. The highest BCUT2D eigenvalue weighted by atomic mass is 35.5. The van der Waals surface area contributed by atoms with E-state index in [0.29, 0.717) is 23.7 Å². The van der Waals surface area contributed by atoms with Crippen molar-refractivity contribution in [2.45, 2.75) is 6.92 Å². The first-order chi connectivity index (χ1) is 20.2. The summed E-state index contributed by atoms with van der Waals surface area (Å²) in [6, 6.07) is 14.5. The Hall–Kier alpha value is -4.92. The number of carbonyl (C=O) groups excluding carboxylic acids is 1. The molecule has 6 rings (SSSR count). The number of aldehydes is 1. The Kier molecular flexibility index (Phi) is 6.60. The average molecular weight is 603 g/mol. The van der Waals surface area contributed by atoms with E-state index in [2.05, 4.69) is 0 Å². The van der Waals surface area contributed by atoms with Crippen molar-refractivity contribution >= 4 is 63.3 Å². The Morgan fingerprint density at radius 1 is 0.905 bits per heavy atom. The van der Waals surface area contributed by atoms with Crippen LogP contribution >= 0.6 is 23.2 Å². The first-order valence-electron chi connectivity index (χ1n) is 12.4. The van der Waals surface area contributed by atoms with E-state index in [-0.39, 0.29) is 55.1 Å². The maximum atomic E-state index is 15.8. The fourth-order valence-electron chi connectivity index (χ4n) is 5.35. The molecule has 0 amide bonds. The van der Waals surface area contributed by atoms with Crippen molar-refractivity contribution < 1.29 is 33.0 Å². The molecule has 1 aromatic heterocycles. The molecule has 7 nitrogen and oxygen atoms in total. The summed E-state index contributed by atoms with van der Waals surface area (Å²) in [6.45, 7) is 1.78. The van der Waals surface area contributed by atoms with E-state index in [1.165, 1.54) is 6.07 Å². The van der Waals surface area contributed by atoms with Crippen LogP contribution in [0.2, 0.25) is 10.0 Å². The van der Waals surface area contributed by atoms with Crippen molar-refractivity contribution in [1.82, 2.24) is 0 Å². The molecule has 0 unspecified atom stereocenters. The molecular weight excluding hydrogens is 586 g/mol. The summed E-state index contributed by atoms with van der Waals surface area (Å²) in [7, 11) is 0. The summed E-state index contributed by atoms with van der Waals surface area (Å²) in [4.78, 5) is 37.6. The van der Waals surface area contributed by atoms with E-state index in [1.54, 1.807) is 37.3 Å². The molecule has 1 aliphatic heterocycles. The predicted molar refractivity (Wildman–Crippen MR) is 158 cm³/mol. The molecule has 0 spiro atoms. The van der Waals surface area contributed by atoms with Crippen molar-refractivity contribution in [1.29, 1.82) is 0 Å². The Balaban J connectivity index is 1.97. The van der Waals surface area contributed by atoms with E-state index in [1.807, 2.05) is 12.1 Å². The van der Waals surface area contributed by atoms with Gasteiger partial charge >= 0.3 is 5.97 Å². The molecule has 2 heterocycles. The predicted octanol–water partition coefficient (Wildman–Crippen LogP) is 8.77. The van der Waals surface area contributed by atoms with E-state index in [0.717, 1.165) is 17.5 Å². The number of benzene rings is 4. The number of carboxylic acid groups (broad SMARTS) is 1. The van der Waals surface area contributed by atoms with Crippen LogP contribution in [-0.2, 0) is 0 Å². The normalized spacial score (nSPS) is 11.7. The van der Waals surface area contributed by atoms with Gasteiger partial charge in [-0.25, -0.2) is 4.79 Å². The molecule has 1 aliphatic carbocycles. The lowest BCUT2D eigenvalue weighted by atomic mass is 9.84. The third kappa shape index (κ3) is 3.91. The number of aromatic carboxylic acids is 1. The molecule has 3 aromatic carbocycles. The van der Waals surface area contributed by atoms with E-state index in [4.69, 9.17) is 32.0 Å². The van der Waals surface area contributed by atoms with Crippen LogP contribution in [0.1, 0.15) is 32.0 Å². The highest BCUT2D eigenvalue weighted by Gasteiger charge is 2.34.